The molecular formula is C18H35NO5. The molecule has 0 saturated carbocycles. The van der Waals surface area contributed by atoms with Crippen LogP contribution in [0.2, 0.25) is 0 Å². The minimum absolute atomic E-state index is 0.327. The molecule has 1 aliphatic heterocycles. The van der Waals surface area contributed by atoms with E-state index < -0.39 is 11.9 Å². The molecule has 1 saturated heterocycles. The predicted molar refractivity (Wildman–Crippen MR) is 93.4 cm³/mol. The Morgan fingerprint density at radius 3 is 2.08 bits per heavy atom. The van der Waals surface area contributed by atoms with Crippen LogP contribution in [0, 0.1) is 0 Å². The Morgan fingerprint density at radius 1 is 0.875 bits per heavy atom. The highest BCUT2D eigenvalue weighted by Crippen LogP contribution is 2.04. The number of hydrogen-bond acceptors (Lipinski definition) is 6. The smallest absolute Gasteiger partial charge is 0.336 e. The zero-order valence-corrected chi connectivity index (χ0v) is 15.7. The standard InChI is InChI=1S/C14H25NO5.C4H10/c1-2-3-4-5-6-9-19-13(16)12-14(17)20-15-7-10-18-11-8-15;1-3-4-2/h2-12H2,1H3;3-4H2,1-2H3. The summed E-state index contributed by atoms with van der Waals surface area (Å²) in [7, 11) is 0. The van der Waals surface area contributed by atoms with Crippen LogP contribution in [0.4, 0.5) is 0 Å². The van der Waals surface area contributed by atoms with Crippen LogP contribution in [0.1, 0.15) is 72.1 Å². The van der Waals surface area contributed by atoms with Crippen molar-refractivity contribution in [1.82, 2.24) is 5.06 Å². The number of unbranched alkanes of at least 4 members (excludes halogenated alkanes) is 5. The van der Waals surface area contributed by atoms with Crippen LogP contribution >= 0.6 is 0 Å². The Hall–Kier alpha value is -1.14. The zero-order valence-electron chi connectivity index (χ0n) is 15.7. The number of morpholine rings is 1. The first-order valence-electron chi connectivity index (χ1n) is 9.33. The summed E-state index contributed by atoms with van der Waals surface area (Å²) in [5.41, 5.74) is 0. The van der Waals surface area contributed by atoms with E-state index in [1.54, 1.807) is 0 Å². The third-order valence-electron chi connectivity index (χ3n) is 3.50. The van der Waals surface area contributed by atoms with Crippen LogP contribution < -0.4 is 0 Å². The van der Waals surface area contributed by atoms with Crippen molar-refractivity contribution in [3.63, 3.8) is 0 Å². The van der Waals surface area contributed by atoms with Crippen LogP contribution in [0.5, 0.6) is 0 Å². The van der Waals surface area contributed by atoms with Gasteiger partial charge in [0.15, 0.2) is 0 Å². The molecule has 6 heteroatoms. The second-order valence-corrected chi connectivity index (χ2v) is 5.82. The van der Waals surface area contributed by atoms with Crippen LogP contribution in [0.15, 0.2) is 0 Å². The van der Waals surface area contributed by atoms with Gasteiger partial charge < -0.3 is 14.3 Å². The first-order valence-corrected chi connectivity index (χ1v) is 9.33. The molecule has 1 heterocycles. The van der Waals surface area contributed by atoms with E-state index in [1.165, 1.54) is 30.7 Å². The number of nitrogens with zero attached hydrogens (tertiary/aromatic N) is 1. The molecule has 0 atom stereocenters. The zero-order chi connectivity index (χ0) is 18.0. The molecule has 0 radical (unpaired) electrons. The Balaban J connectivity index is 0.00000118. The summed E-state index contributed by atoms with van der Waals surface area (Å²) in [6.07, 6.45) is 7.77. The Kier molecular flexibility index (Phi) is 15.9. The largest absolute Gasteiger partial charge is 0.465 e. The third kappa shape index (κ3) is 14.5. The Morgan fingerprint density at radius 2 is 1.50 bits per heavy atom. The summed E-state index contributed by atoms with van der Waals surface area (Å²) in [6, 6.07) is 0. The van der Waals surface area contributed by atoms with Crippen LogP contribution in [-0.4, -0.2) is 49.9 Å². The van der Waals surface area contributed by atoms with Gasteiger partial charge in [0.1, 0.15) is 6.42 Å². The summed E-state index contributed by atoms with van der Waals surface area (Å²) >= 11 is 0. The molecule has 0 aliphatic carbocycles. The summed E-state index contributed by atoms with van der Waals surface area (Å²) < 4.78 is 10.1. The number of esters is 1. The molecule has 0 N–H and O–H groups in total. The molecule has 0 amide bonds. The van der Waals surface area contributed by atoms with Gasteiger partial charge in [-0.3, -0.25) is 4.79 Å². The van der Waals surface area contributed by atoms with Gasteiger partial charge in [-0.15, -0.1) is 5.06 Å². The van der Waals surface area contributed by atoms with Crippen molar-refractivity contribution < 1.29 is 23.9 Å². The number of rotatable bonds is 10. The maximum atomic E-state index is 11.5. The van der Waals surface area contributed by atoms with Crippen molar-refractivity contribution in [3.8, 4) is 0 Å². The van der Waals surface area contributed by atoms with E-state index in [2.05, 4.69) is 20.8 Å². The number of carbonyl (C=O) groups is 2. The van der Waals surface area contributed by atoms with E-state index in [-0.39, 0.29) is 6.42 Å². The highest BCUT2D eigenvalue weighted by atomic mass is 16.7. The Bertz CT molecular complexity index is 315. The number of carbonyl (C=O) groups excluding carboxylic acids is 2. The molecule has 0 unspecified atom stereocenters. The SMILES string of the molecule is CCCC.CCCCCCCOC(=O)CC(=O)ON1CCOCC1. The predicted octanol–water partition coefficient (Wildman–Crippen LogP) is 3.49. The topological polar surface area (TPSA) is 65.1 Å². The first-order chi connectivity index (χ1) is 11.6. The van der Waals surface area contributed by atoms with Crippen molar-refractivity contribution in [1.29, 1.82) is 0 Å². The molecule has 0 aromatic rings. The molecular weight excluding hydrogens is 310 g/mol. The van der Waals surface area contributed by atoms with Crippen LogP contribution in [0.3, 0.4) is 0 Å². The second kappa shape index (κ2) is 16.7. The summed E-state index contributed by atoms with van der Waals surface area (Å²) in [5, 5.41) is 1.52. The molecule has 24 heavy (non-hydrogen) atoms. The van der Waals surface area contributed by atoms with Gasteiger partial charge in [0.05, 0.1) is 32.9 Å². The van der Waals surface area contributed by atoms with E-state index in [0.29, 0.717) is 32.9 Å². The fourth-order valence-corrected chi connectivity index (χ4v) is 1.87. The van der Waals surface area contributed by atoms with Crippen molar-refractivity contribution in [2.75, 3.05) is 32.9 Å². The van der Waals surface area contributed by atoms with E-state index in [9.17, 15) is 9.59 Å². The number of hydrogen-bond donors (Lipinski definition) is 0. The monoisotopic (exact) mass is 345 g/mol. The van der Waals surface area contributed by atoms with Gasteiger partial charge >= 0.3 is 11.9 Å². The van der Waals surface area contributed by atoms with E-state index >= 15 is 0 Å². The van der Waals surface area contributed by atoms with Gasteiger partial charge in [0.2, 0.25) is 0 Å². The molecule has 1 aliphatic rings. The average molecular weight is 345 g/mol. The Labute approximate surface area is 146 Å². The maximum Gasteiger partial charge on any atom is 0.336 e. The quantitative estimate of drug-likeness (QED) is 0.343. The van der Waals surface area contributed by atoms with Crippen molar-refractivity contribution in [2.24, 2.45) is 0 Å². The lowest BCUT2D eigenvalue weighted by atomic mass is 10.2. The van der Waals surface area contributed by atoms with E-state index in [0.717, 1.165) is 19.3 Å². The molecule has 142 valence electrons. The van der Waals surface area contributed by atoms with E-state index in [4.69, 9.17) is 14.3 Å². The van der Waals surface area contributed by atoms with Gasteiger partial charge in [0, 0.05) is 0 Å². The minimum Gasteiger partial charge on any atom is -0.465 e. The molecule has 0 aromatic heterocycles. The van der Waals surface area contributed by atoms with E-state index in [1.807, 2.05) is 0 Å². The third-order valence-corrected chi connectivity index (χ3v) is 3.50. The van der Waals surface area contributed by atoms with Crippen molar-refractivity contribution in [3.05, 3.63) is 0 Å². The molecule has 0 aromatic carbocycles. The average Bonchev–Trinajstić information content (AvgIpc) is 2.59. The molecule has 1 rings (SSSR count). The second-order valence-electron chi connectivity index (χ2n) is 5.82. The lowest BCUT2D eigenvalue weighted by Crippen LogP contribution is -2.38. The maximum absolute atomic E-state index is 11.5. The summed E-state index contributed by atoms with van der Waals surface area (Å²) in [6.45, 7) is 9.05. The van der Waals surface area contributed by atoms with Gasteiger partial charge in [0.25, 0.3) is 0 Å². The fraction of sp³-hybridized carbons (Fsp3) is 0.889. The van der Waals surface area contributed by atoms with Crippen LogP contribution in [-0.2, 0) is 23.9 Å². The van der Waals surface area contributed by atoms with Crippen LogP contribution in [0.25, 0.3) is 0 Å². The molecule has 1 fully saturated rings. The lowest BCUT2D eigenvalue weighted by Gasteiger charge is -2.24. The van der Waals surface area contributed by atoms with Gasteiger partial charge in [-0.2, -0.15) is 0 Å². The van der Waals surface area contributed by atoms with Gasteiger partial charge in [-0.1, -0.05) is 59.3 Å². The van der Waals surface area contributed by atoms with Gasteiger partial charge in [-0.25, -0.2) is 4.79 Å². The summed E-state index contributed by atoms with van der Waals surface area (Å²) in [4.78, 5) is 27.9. The highest BCUT2D eigenvalue weighted by molar-refractivity contribution is 5.91. The minimum atomic E-state index is -0.567. The van der Waals surface area contributed by atoms with Crippen molar-refractivity contribution in [2.45, 2.75) is 72.1 Å². The van der Waals surface area contributed by atoms with Crippen molar-refractivity contribution >= 4 is 11.9 Å². The molecule has 6 nitrogen and oxygen atoms in total. The number of hydroxylamine groups is 2. The highest BCUT2D eigenvalue weighted by Gasteiger charge is 2.18. The number of ether oxygens (including phenoxy) is 2. The molecule has 0 spiro atoms. The lowest BCUT2D eigenvalue weighted by molar-refractivity contribution is -0.206. The fourth-order valence-electron chi connectivity index (χ4n) is 1.87. The normalized spacial score (nSPS) is 14.5. The van der Waals surface area contributed by atoms with Gasteiger partial charge in [-0.05, 0) is 6.42 Å². The molecule has 0 bridgehead atoms. The summed E-state index contributed by atoms with van der Waals surface area (Å²) in [5.74, 6) is -1.08. The first kappa shape index (κ1) is 22.9.